The van der Waals surface area contributed by atoms with E-state index in [-0.39, 0.29) is 0 Å². The summed E-state index contributed by atoms with van der Waals surface area (Å²) in [5.74, 6) is 0.879. The molecule has 0 aromatic rings. The molecule has 2 rings (SSSR count). The molecule has 0 amide bonds. The molecule has 0 radical (unpaired) electrons. The van der Waals surface area contributed by atoms with Crippen molar-refractivity contribution in [2.45, 2.75) is 64.0 Å². The molecule has 1 aliphatic heterocycles. The minimum Gasteiger partial charge on any atom is -0.378 e. The fraction of sp³-hybridized carbons (Fsp3) is 1.00. The first kappa shape index (κ1) is 15.3. The van der Waals surface area contributed by atoms with Crippen LogP contribution in [0.1, 0.15) is 51.9 Å². The van der Waals surface area contributed by atoms with Crippen LogP contribution in [0.2, 0.25) is 0 Å². The standard InChI is InChI=1S/C16H32N2O/c1-14-6-3-4-7-16(14)18(2)12-5-13-19-15-8-10-17-11-9-15/h14-17H,3-13H2,1-2H3. The second-order valence-electron chi connectivity index (χ2n) is 6.48. The number of rotatable bonds is 6. The molecule has 1 saturated carbocycles. The number of ether oxygens (including phenoxy) is 1. The third kappa shape index (κ3) is 5.05. The molecule has 0 aromatic heterocycles. The summed E-state index contributed by atoms with van der Waals surface area (Å²) in [6.07, 6.45) is 9.75. The van der Waals surface area contributed by atoms with Gasteiger partial charge in [0.2, 0.25) is 0 Å². The van der Waals surface area contributed by atoms with E-state index < -0.39 is 0 Å². The summed E-state index contributed by atoms with van der Waals surface area (Å²) < 4.78 is 5.98. The molecule has 1 saturated heterocycles. The Bertz CT molecular complexity index is 241. The summed E-state index contributed by atoms with van der Waals surface area (Å²) in [5, 5.41) is 3.38. The average molecular weight is 268 g/mol. The number of hydrogen-bond acceptors (Lipinski definition) is 3. The van der Waals surface area contributed by atoms with Crippen LogP contribution in [0.15, 0.2) is 0 Å². The molecular weight excluding hydrogens is 236 g/mol. The van der Waals surface area contributed by atoms with Crippen molar-refractivity contribution < 1.29 is 4.74 Å². The van der Waals surface area contributed by atoms with Crippen LogP contribution in [-0.4, -0.2) is 50.3 Å². The van der Waals surface area contributed by atoms with E-state index in [2.05, 4.69) is 24.2 Å². The van der Waals surface area contributed by atoms with Crippen LogP contribution in [0.3, 0.4) is 0 Å². The van der Waals surface area contributed by atoms with Gasteiger partial charge < -0.3 is 15.0 Å². The van der Waals surface area contributed by atoms with Gasteiger partial charge in [-0.1, -0.05) is 19.8 Å². The van der Waals surface area contributed by atoms with Gasteiger partial charge in [-0.15, -0.1) is 0 Å². The number of hydrogen-bond donors (Lipinski definition) is 1. The van der Waals surface area contributed by atoms with Gasteiger partial charge in [0.15, 0.2) is 0 Å². The minimum absolute atomic E-state index is 0.514. The zero-order chi connectivity index (χ0) is 13.5. The van der Waals surface area contributed by atoms with Gasteiger partial charge in [-0.3, -0.25) is 0 Å². The third-order valence-electron chi connectivity index (χ3n) is 4.93. The van der Waals surface area contributed by atoms with Crippen LogP contribution in [0.5, 0.6) is 0 Å². The highest BCUT2D eigenvalue weighted by molar-refractivity contribution is 4.79. The Morgan fingerprint density at radius 3 is 2.58 bits per heavy atom. The maximum Gasteiger partial charge on any atom is 0.0599 e. The summed E-state index contributed by atoms with van der Waals surface area (Å²) in [7, 11) is 2.30. The van der Waals surface area contributed by atoms with Crippen molar-refractivity contribution in [3.8, 4) is 0 Å². The van der Waals surface area contributed by atoms with Gasteiger partial charge in [-0.25, -0.2) is 0 Å². The van der Waals surface area contributed by atoms with Crippen LogP contribution in [-0.2, 0) is 4.74 Å². The first-order valence-corrected chi connectivity index (χ1v) is 8.30. The highest BCUT2D eigenvalue weighted by Crippen LogP contribution is 2.27. The zero-order valence-corrected chi connectivity index (χ0v) is 12.9. The van der Waals surface area contributed by atoms with Crippen molar-refractivity contribution in [3.63, 3.8) is 0 Å². The summed E-state index contributed by atoms with van der Waals surface area (Å²) in [6, 6.07) is 0.813. The minimum atomic E-state index is 0.514. The molecule has 2 fully saturated rings. The van der Waals surface area contributed by atoms with E-state index in [9.17, 15) is 0 Å². The van der Waals surface area contributed by atoms with Gasteiger partial charge in [-0.2, -0.15) is 0 Å². The number of piperidine rings is 1. The Hall–Kier alpha value is -0.120. The summed E-state index contributed by atoms with van der Waals surface area (Å²) in [5.41, 5.74) is 0. The monoisotopic (exact) mass is 268 g/mol. The molecule has 19 heavy (non-hydrogen) atoms. The third-order valence-corrected chi connectivity index (χ3v) is 4.93. The first-order chi connectivity index (χ1) is 9.27. The van der Waals surface area contributed by atoms with E-state index in [1.807, 2.05) is 0 Å². The highest BCUT2D eigenvalue weighted by Gasteiger charge is 2.24. The molecule has 1 aliphatic carbocycles. The lowest BCUT2D eigenvalue weighted by molar-refractivity contribution is 0.0247. The molecule has 2 aliphatic rings. The van der Waals surface area contributed by atoms with E-state index in [1.54, 1.807) is 0 Å². The Balaban J connectivity index is 1.56. The van der Waals surface area contributed by atoms with E-state index in [0.29, 0.717) is 6.10 Å². The Kier molecular flexibility index (Phi) is 6.62. The van der Waals surface area contributed by atoms with Crippen LogP contribution < -0.4 is 5.32 Å². The average Bonchev–Trinajstić information content (AvgIpc) is 2.45. The largest absolute Gasteiger partial charge is 0.378 e. The van der Waals surface area contributed by atoms with Gasteiger partial charge in [0, 0.05) is 19.2 Å². The number of nitrogens with zero attached hydrogens (tertiary/aromatic N) is 1. The second-order valence-corrected chi connectivity index (χ2v) is 6.48. The van der Waals surface area contributed by atoms with E-state index in [0.717, 1.165) is 31.7 Å². The van der Waals surface area contributed by atoms with Gasteiger partial charge in [0.25, 0.3) is 0 Å². The zero-order valence-electron chi connectivity index (χ0n) is 12.9. The van der Waals surface area contributed by atoms with Gasteiger partial charge in [-0.05, 0) is 58.2 Å². The normalized spacial score (nSPS) is 29.8. The molecule has 2 unspecified atom stereocenters. The second kappa shape index (κ2) is 8.23. The molecular formula is C16H32N2O. The SMILES string of the molecule is CC1CCCCC1N(C)CCCOC1CCNCC1. The van der Waals surface area contributed by atoms with Crippen LogP contribution in [0, 0.1) is 5.92 Å². The van der Waals surface area contributed by atoms with Gasteiger partial charge in [0.05, 0.1) is 6.10 Å². The van der Waals surface area contributed by atoms with Crippen molar-refractivity contribution in [3.05, 3.63) is 0 Å². The quantitative estimate of drug-likeness (QED) is 0.750. The fourth-order valence-corrected chi connectivity index (χ4v) is 3.64. The van der Waals surface area contributed by atoms with Crippen molar-refractivity contribution in [2.24, 2.45) is 5.92 Å². The molecule has 0 spiro atoms. The van der Waals surface area contributed by atoms with Crippen molar-refractivity contribution in [1.82, 2.24) is 10.2 Å². The lowest BCUT2D eigenvalue weighted by Gasteiger charge is -2.36. The lowest BCUT2D eigenvalue weighted by atomic mass is 9.85. The summed E-state index contributed by atoms with van der Waals surface area (Å²) >= 11 is 0. The highest BCUT2D eigenvalue weighted by atomic mass is 16.5. The van der Waals surface area contributed by atoms with E-state index in [4.69, 9.17) is 4.74 Å². The molecule has 3 nitrogen and oxygen atoms in total. The Morgan fingerprint density at radius 1 is 1.11 bits per heavy atom. The number of nitrogens with one attached hydrogen (secondary N) is 1. The maximum absolute atomic E-state index is 5.98. The lowest BCUT2D eigenvalue weighted by Crippen LogP contribution is -2.39. The molecule has 0 bridgehead atoms. The topological polar surface area (TPSA) is 24.5 Å². The molecule has 112 valence electrons. The predicted octanol–water partition coefficient (Wildman–Crippen LogP) is 2.66. The molecule has 2 atom stereocenters. The van der Waals surface area contributed by atoms with E-state index in [1.165, 1.54) is 51.5 Å². The van der Waals surface area contributed by atoms with Gasteiger partial charge in [0.1, 0.15) is 0 Å². The maximum atomic E-state index is 5.98. The molecule has 1 N–H and O–H groups in total. The van der Waals surface area contributed by atoms with Crippen LogP contribution in [0.25, 0.3) is 0 Å². The van der Waals surface area contributed by atoms with Gasteiger partial charge >= 0.3 is 0 Å². The van der Waals surface area contributed by atoms with Crippen molar-refractivity contribution >= 4 is 0 Å². The van der Waals surface area contributed by atoms with Crippen LogP contribution >= 0.6 is 0 Å². The van der Waals surface area contributed by atoms with Crippen molar-refractivity contribution in [1.29, 1.82) is 0 Å². The van der Waals surface area contributed by atoms with Crippen molar-refractivity contribution in [2.75, 3.05) is 33.3 Å². The first-order valence-electron chi connectivity index (χ1n) is 8.30. The Labute approximate surface area is 119 Å². The molecule has 1 heterocycles. The predicted molar refractivity (Wildman–Crippen MR) is 80.5 cm³/mol. The smallest absolute Gasteiger partial charge is 0.0599 e. The summed E-state index contributed by atoms with van der Waals surface area (Å²) in [4.78, 5) is 2.58. The molecule has 3 heteroatoms. The Morgan fingerprint density at radius 2 is 1.84 bits per heavy atom. The fourth-order valence-electron chi connectivity index (χ4n) is 3.64. The molecule has 0 aromatic carbocycles. The van der Waals surface area contributed by atoms with Crippen LogP contribution in [0.4, 0.5) is 0 Å². The summed E-state index contributed by atoms with van der Waals surface area (Å²) in [6.45, 7) is 6.82. The van der Waals surface area contributed by atoms with E-state index >= 15 is 0 Å².